The van der Waals surface area contributed by atoms with E-state index in [9.17, 15) is 9.90 Å². The number of amides is 1. The summed E-state index contributed by atoms with van der Waals surface area (Å²) in [6, 6.07) is 26.8. The van der Waals surface area contributed by atoms with E-state index >= 15 is 0 Å². The number of benzene rings is 4. The number of phenols is 1. The molecule has 0 radical (unpaired) electrons. The number of rotatable bonds is 4. The molecule has 1 amide bonds. The predicted octanol–water partition coefficient (Wildman–Crippen LogP) is 6.13. The van der Waals surface area contributed by atoms with Crippen molar-refractivity contribution >= 4 is 28.9 Å². The number of halogens is 1. The van der Waals surface area contributed by atoms with Gasteiger partial charge in [-0.25, -0.2) is 0 Å². The molecule has 0 saturated heterocycles. The van der Waals surface area contributed by atoms with Gasteiger partial charge in [-0.2, -0.15) is 0 Å². The summed E-state index contributed by atoms with van der Waals surface area (Å²) in [6.07, 6.45) is 0. The molecule has 1 atom stereocenters. The molecule has 34 heavy (non-hydrogen) atoms. The molecule has 0 aromatic heterocycles. The molecule has 1 heterocycles. The van der Waals surface area contributed by atoms with E-state index in [0.29, 0.717) is 17.3 Å². The second-order valence-electron chi connectivity index (χ2n) is 8.83. The third-order valence-corrected chi connectivity index (χ3v) is 7.09. The maximum atomic E-state index is 14.6. The molecule has 5 heteroatoms. The van der Waals surface area contributed by atoms with Gasteiger partial charge in [0.1, 0.15) is 11.2 Å². The monoisotopic (exact) mass is 468 g/mol. The van der Waals surface area contributed by atoms with Gasteiger partial charge in [0.05, 0.1) is 6.54 Å². The summed E-state index contributed by atoms with van der Waals surface area (Å²) >= 11 is 6.48. The molecular weight excluding hydrogens is 444 g/mol. The van der Waals surface area contributed by atoms with Crippen LogP contribution in [0.3, 0.4) is 0 Å². The molecule has 0 fully saturated rings. The van der Waals surface area contributed by atoms with Crippen LogP contribution in [0, 0.1) is 13.8 Å². The van der Waals surface area contributed by atoms with Crippen LogP contribution < -0.4 is 10.6 Å². The van der Waals surface area contributed by atoms with Gasteiger partial charge < -0.3 is 15.7 Å². The van der Waals surface area contributed by atoms with Crippen LogP contribution in [0.4, 0.5) is 11.4 Å². The third kappa shape index (κ3) is 3.25. The molecule has 0 aliphatic carbocycles. The Morgan fingerprint density at radius 1 is 0.882 bits per heavy atom. The second-order valence-corrected chi connectivity index (χ2v) is 9.24. The van der Waals surface area contributed by atoms with E-state index in [2.05, 4.69) is 0 Å². The number of para-hydroxylation sites is 1. The third-order valence-electron chi connectivity index (χ3n) is 6.72. The van der Waals surface area contributed by atoms with Gasteiger partial charge >= 0.3 is 0 Å². The first-order valence-electron chi connectivity index (χ1n) is 11.2. The average molecular weight is 469 g/mol. The Morgan fingerprint density at radius 2 is 1.50 bits per heavy atom. The van der Waals surface area contributed by atoms with Crippen molar-refractivity contribution in [1.82, 2.24) is 0 Å². The van der Waals surface area contributed by atoms with Crippen molar-refractivity contribution in [1.29, 1.82) is 0 Å². The lowest BCUT2D eigenvalue weighted by molar-refractivity contribution is -0.120. The molecule has 170 valence electrons. The van der Waals surface area contributed by atoms with Crippen LogP contribution in [0.1, 0.15) is 33.4 Å². The normalized spacial score (nSPS) is 17.1. The lowest BCUT2D eigenvalue weighted by Crippen LogP contribution is -2.42. The van der Waals surface area contributed by atoms with Crippen LogP contribution >= 0.6 is 11.6 Å². The number of carbonyl (C=O) groups is 1. The van der Waals surface area contributed by atoms with Crippen LogP contribution in [0.15, 0.2) is 84.9 Å². The lowest BCUT2D eigenvalue weighted by Gasteiger charge is -2.31. The molecular formula is C29H25ClN2O2. The van der Waals surface area contributed by atoms with E-state index in [1.807, 2.05) is 104 Å². The number of nitrogens with zero attached hydrogens (tertiary/aromatic N) is 1. The Morgan fingerprint density at radius 3 is 2.18 bits per heavy atom. The largest absolute Gasteiger partial charge is 0.507 e. The number of phenolic OH excluding ortho intramolecular Hbond substituents is 1. The van der Waals surface area contributed by atoms with Crippen LogP contribution in [0.25, 0.3) is 0 Å². The molecule has 1 aliphatic rings. The van der Waals surface area contributed by atoms with Crippen LogP contribution in [-0.2, 0) is 16.8 Å². The Kier molecular flexibility index (Phi) is 5.34. The first-order chi connectivity index (χ1) is 16.3. The number of aromatic hydroxyl groups is 1. The molecule has 0 spiro atoms. The Labute approximate surface area is 204 Å². The second kappa shape index (κ2) is 8.23. The van der Waals surface area contributed by atoms with Gasteiger partial charge in [-0.05, 0) is 65.9 Å². The molecule has 0 saturated carbocycles. The lowest BCUT2D eigenvalue weighted by atomic mass is 9.69. The van der Waals surface area contributed by atoms with Crippen molar-refractivity contribution in [2.24, 2.45) is 0 Å². The molecule has 1 aliphatic heterocycles. The van der Waals surface area contributed by atoms with E-state index in [4.69, 9.17) is 17.3 Å². The zero-order valence-electron chi connectivity index (χ0n) is 19.0. The SMILES string of the molecule is Cc1cc(C2(c3ccc(N)cc3)C(=O)N(Cc3ccccc3Cl)c3ccccc32)cc(C)c1O. The van der Waals surface area contributed by atoms with Crippen LogP contribution in [-0.4, -0.2) is 11.0 Å². The van der Waals surface area contributed by atoms with Crippen LogP contribution in [0.2, 0.25) is 5.02 Å². The number of hydrogen-bond acceptors (Lipinski definition) is 3. The van der Waals surface area contributed by atoms with Crippen molar-refractivity contribution in [2.45, 2.75) is 25.8 Å². The first-order valence-corrected chi connectivity index (χ1v) is 11.5. The zero-order valence-corrected chi connectivity index (χ0v) is 19.8. The molecule has 4 aromatic rings. The Balaban J connectivity index is 1.80. The summed E-state index contributed by atoms with van der Waals surface area (Å²) in [7, 11) is 0. The summed E-state index contributed by atoms with van der Waals surface area (Å²) in [5, 5.41) is 11.1. The van der Waals surface area contributed by atoms with Gasteiger partial charge in [0.25, 0.3) is 0 Å². The Hall–Kier alpha value is -3.76. The van der Waals surface area contributed by atoms with Gasteiger partial charge in [0, 0.05) is 22.0 Å². The quantitative estimate of drug-likeness (QED) is 0.354. The van der Waals surface area contributed by atoms with E-state index in [-0.39, 0.29) is 11.7 Å². The molecule has 5 rings (SSSR count). The minimum atomic E-state index is -1.09. The number of fused-ring (bicyclic) bond motifs is 1. The van der Waals surface area contributed by atoms with Crippen molar-refractivity contribution in [2.75, 3.05) is 10.6 Å². The van der Waals surface area contributed by atoms with Crippen molar-refractivity contribution < 1.29 is 9.90 Å². The highest BCUT2D eigenvalue weighted by atomic mass is 35.5. The van der Waals surface area contributed by atoms with Gasteiger partial charge in [0.2, 0.25) is 5.91 Å². The van der Waals surface area contributed by atoms with E-state index in [1.54, 1.807) is 0 Å². The van der Waals surface area contributed by atoms with E-state index in [1.165, 1.54) is 0 Å². The molecule has 3 N–H and O–H groups in total. The predicted molar refractivity (Wildman–Crippen MR) is 137 cm³/mol. The average Bonchev–Trinajstić information content (AvgIpc) is 3.08. The fourth-order valence-electron chi connectivity index (χ4n) is 5.04. The molecule has 4 nitrogen and oxygen atoms in total. The number of carbonyl (C=O) groups excluding carboxylic acids is 1. The number of nitrogen functional groups attached to an aromatic ring is 1. The number of hydrogen-bond donors (Lipinski definition) is 2. The fourth-order valence-corrected chi connectivity index (χ4v) is 5.23. The number of nitrogens with two attached hydrogens (primary N) is 1. The summed E-state index contributed by atoms with van der Waals surface area (Å²) in [5.41, 5.74) is 11.2. The minimum absolute atomic E-state index is 0.0668. The molecule has 1 unspecified atom stereocenters. The molecule has 0 bridgehead atoms. The van der Waals surface area contributed by atoms with E-state index < -0.39 is 5.41 Å². The van der Waals surface area contributed by atoms with Gasteiger partial charge in [-0.1, -0.05) is 72.3 Å². The highest BCUT2D eigenvalue weighted by Crippen LogP contribution is 2.51. The molecule has 4 aromatic carbocycles. The highest BCUT2D eigenvalue weighted by Gasteiger charge is 2.53. The standard InChI is InChI=1S/C29H25ClN2O2/c1-18-15-22(16-19(2)27(18)33)29(21-11-13-23(31)14-12-21)24-8-4-6-10-26(24)32(28(29)34)17-20-7-3-5-9-25(20)30/h3-16,33H,17,31H2,1-2H3. The fraction of sp³-hybridized carbons (Fsp3) is 0.138. The summed E-state index contributed by atoms with van der Waals surface area (Å²) in [4.78, 5) is 16.4. The summed E-state index contributed by atoms with van der Waals surface area (Å²) in [6.45, 7) is 4.06. The summed E-state index contributed by atoms with van der Waals surface area (Å²) in [5.74, 6) is 0.172. The van der Waals surface area contributed by atoms with E-state index in [0.717, 1.165) is 39.1 Å². The maximum absolute atomic E-state index is 14.6. The highest BCUT2D eigenvalue weighted by molar-refractivity contribution is 6.31. The zero-order chi connectivity index (χ0) is 24.0. The number of aryl methyl sites for hydroxylation is 2. The van der Waals surface area contributed by atoms with Crippen molar-refractivity contribution in [3.05, 3.63) is 123 Å². The summed E-state index contributed by atoms with van der Waals surface area (Å²) < 4.78 is 0. The van der Waals surface area contributed by atoms with Gasteiger partial charge in [0.15, 0.2) is 0 Å². The van der Waals surface area contributed by atoms with Crippen LogP contribution in [0.5, 0.6) is 5.75 Å². The smallest absolute Gasteiger partial charge is 0.247 e. The van der Waals surface area contributed by atoms with Gasteiger partial charge in [-0.15, -0.1) is 0 Å². The van der Waals surface area contributed by atoms with Crippen molar-refractivity contribution in [3.63, 3.8) is 0 Å². The number of anilines is 2. The maximum Gasteiger partial charge on any atom is 0.247 e. The van der Waals surface area contributed by atoms with Crippen molar-refractivity contribution in [3.8, 4) is 5.75 Å². The topological polar surface area (TPSA) is 66.6 Å². The minimum Gasteiger partial charge on any atom is -0.507 e. The first kappa shape index (κ1) is 22.1. The Bertz CT molecular complexity index is 1390. The van der Waals surface area contributed by atoms with Gasteiger partial charge in [-0.3, -0.25) is 4.79 Å².